The number of benzene rings is 1. The minimum absolute atomic E-state index is 0.0701. The molecule has 7 nitrogen and oxygen atoms in total. The van der Waals surface area contributed by atoms with Gasteiger partial charge in [0.05, 0.1) is 18.7 Å². The van der Waals surface area contributed by atoms with Crippen molar-refractivity contribution in [2.75, 3.05) is 19.7 Å². The number of ether oxygens (including phenoxy) is 1. The molecule has 1 aliphatic heterocycles. The average molecular weight is 265 g/mol. The van der Waals surface area contributed by atoms with Crippen molar-refractivity contribution in [3.05, 3.63) is 29.8 Å². The van der Waals surface area contributed by atoms with Crippen LogP contribution >= 0.6 is 0 Å². The van der Waals surface area contributed by atoms with Gasteiger partial charge in [0.2, 0.25) is 0 Å². The van der Waals surface area contributed by atoms with E-state index in [4.69, 9.17) is 15.7 Å². The fourth-order valence-electron chi connectivity index (χ4n) is 1.90. The number of nitrogens with zero attached hydrogens (tertiary/aromatic N) is 2. The van der Waals surface area contributed by atoms with Gasteiger partial charge in [-0.2, -0.15) is 0 Å². The SMILES string of the molecule is NC(=NO)C1CN(C(=O)c2ccccc2O)CCO1. The Kier molecular flexibility index (Phi) is 3.86. The van der Waals surface area contributed by atoms with Gasteiger partial charge < -0.3 is 25.7 Å². The molecule has 1 heterocycles. The zero-order valence-corrected chi connectivity index (χ0v) is 10.2. The fraction of sp³-hybridized carbons (Fsp3) is 0.333. The van der Waals surface area contributed by atoms with Crippen molar-refractivity contribution in [2.24, 2.45) is 10.9 Å². The third-order valence-electron chi connectivity index (χ3n) is 2.93. The third-order valence-corrected chi connectivity index (χ3v) is 2.93. The highest BCUT2D eigenvalue weighted by molar-refractivity contribution is 5.97. The van der Waals surface area contributed by atoms with Gasteiger partial charge in [0, 0.05) is 6.54 Å². The third kappa shape index (κ3) is 2.76. The molecule has 0 radical (unpaired) electrons. The maximum absolute atomic E-state index is 12.2. The lowest BCUT2D eigenvalue weighted by atomic mass is 10.1. The van der Waals surface area contributed by atoms with E-state index in [1.807, 2.05) is 0 Å². The normalized spacial score (nSPS) is 20.3. The van der Waals surface area contributed by atoms with Crippen molar-refractivity contribution >= 4 is 11.7 Å². The number of para-hydroxylation sites is 1. The van der Waals surface area contributed by atoms with Crippen LogP contribution in [0.15, 0.2) is 29.4 Å². The molecular weight excluding hydrogens is 250 g/mol. The second kappa shape index (κ2) is 5.57. The van der Waals surface area contributed by atoms with E-state index in [1.165, 1.54) is 11.0 Å². The van der Waals surface area contributed by atoms with E-state index in [0.29, 0.717) is 13.2 Å². The van der Waals surface area contributed by atoms with Gasteiger partial charge in [-0.25, -0.2) is 0 Å². The van der Waals surface area contributed by atoms with Crippen LogP contribution in [0.4, 0.5) is 0 Å². The Morgan fingerprint density at radius 1 is 1.47 bits per heavy atom. The summed E-state index contributed by atoms with van der Waals surface area (Å²) in [6.45, 7) is 0.867. The van der Waals surface area contributed by atoms with Crippen LogP contribution in [0.2, 0.25) is 0 Å². The van der Waals surface area contributed by atoms with Gasteiger partial charge in [0.15, 0.2) is 5.84 Å². The lowest BCUT2D eigenvalue weighted by Gasteiger charge is -2.32. The average Bonchev–Trinajstić information content (AvgIpc) is 2.46. The van der Waals surface area contributed by atoms with E-state index in [0.717, 1.165) is 0 Å². The highest BCUT2D eigenvalue weighted by Crippen LogP contribution is 2.19. The zero-order valence-electron chi connectivity index (χ0n) is 10.2. The molecule has 1 saturated heterocycles. The molecule has 19 heavy (non-hydrogen) atoms. The first-order valence-corrected chi connectivity index (χ1v) is 5.79. The van der Waals surface area contributed by atoms with E-state index in [1.54, 1.807) is 18.2 Å². The summed E-state index contributed by atoms with van der Waals surface area (Å²) in [5.74, 6) is -0.453. The predicted octanol–water partition coefficient (Wildman–Crippen LogP) is -0.0204. The van der Waals surface area contributed by atoms with Crippen LogP contribution in [-0.4, -0.2) is 52.8 Å². The Hall–Kier alpha value is -2.28. The van der Waals surface area contributed by atoms with Gasteiger partial charge in [0.1, 0.15) is 11.9 Å². The van der Waals surface area contributed by atoms with Gasteiger partial charge in [0.25, 0.3) is 5.91 Å². The number of phenolic OH excluding ortho intramolecular Hbond substituents is 1. The zero-order chi connectivity index (χ0) is 13.8. The number of hydrogen-bond donors (Lipinski definition) is 3. The molecule has 1 aliphatic rings. The quantitative estimate of drug-likeness (QED) is 0.301. The molecule has 0 spiro atoms. The molecule has 0 aliphatic carbocycles. The van der Waals surface area contributed by atoms with Crippen LogP contribution < -0.4 is 5.73 Å². The number of carbonyl (C=O) groups is 1. The van der Waals surface area contributed by atoms with Gasteiger partial charge >= 0.3 is 0 Å². The first-order valence-electron chi connectivity index (χ1n) is 5.79. The second-order valence-corrected chi connectivity index (χ2v) is 4.15. The summed E-state index contributed by atoms with van der Waals surface area (Å²) in [5, 5.41) is 21.2. The van der Waals surface area contributed by atoms with Crippen LogP contribution in [-0.2, 0) is 4.74 Å². The molecule has 7 heteroatoms. The molecule has 0 aromatic heterocycles. The van der Waals surface area contributed by atoms with Crippen LogP contribution in [0.5, 0.6) is 5.75 Å². The fourth-order valence-corrected chi connectivity index (χ4v) is 1.90. The number of morpholine rings is 1. The minimum Gasteiger partial charge on any atom is -0.507 e. The molecule has 1 aromatic carbocycles. The lowest BCUT2D eigenvalue weighted by molar-refractivity contribution is 0.00662. The van der Waals surface area contributed by atoms with Gasteiger partial charge in [-0.15, -0.1) is 0 Å². The molecule has 0 bridgehead atoms. The van der Waals surface area contributed by atoms with Crippen molar-refractivity contribution < 1.29 is 19.8 Å². The van der Waals surface area contributed by atoms with E-state index >= 15 is 0 Å². The van der Waals surface area contributed by atoms with Gasteiger partial charge in [-0.3, -0.25) is 4.79 Å². The number of phenols is 1. The Morgan fingerprint density at radius 3 is 2.89 bits per heavy atom. The summed E-state index contributed by atoms with van der Waals surface area (Å²) >= 11 is 0. The van der Waals surface area contributed by atoms with Crippen molar-refractivity contribution in [2.45, 2.75) is 6.10 Å². The van der Waals surface area contributed by atoms with E-state index < -0.39 is 6.10 Å². The smallest absolute Gasteiger partial charge is 0.257 e. The molecule has 0 saturated carbocycles. The summed E-state index contributed by atoms with van der Waals surface area (Å²) in [7, 11) is 0. The molecule has 1 fully saturated rings. The number of nitrogens with two attached hydrogens (primary N) is 1. The van der Waals surface area contributed by atoms with Crippen molar-refractivity contribution in [1.29, 1.82) is 0 Å². The van der Waals surface area contributed by atoms with Crippen LogP contribution in [0, 0.1) is 0 Å². The molecule has 4 N–H and O–H groups in total. The summed E-state index contributed by atoms with van der Waals surface area (Å²) in [6.07, 6.45) is -0.631. The number of carbonyl (C=O) groups excluding carboxylic acids is 1. The highest BCUT2D eigenvalue weighted by Gasteiger charge is 2.28. The molecule has 1 aromatic rings. The minimum atomic E-state index is -0.631. The number of oxime groups is 1. The predicted molar refractivity (Wildman–Crippen MR) is 67.2 cm³/mol. The summed E-state index contributed by atoms with van der Waals surface area (Å²) in [4.78, 5) is 13.7. The Bertz CT molecular complexity index is 504. The molecule has 1 atom stereocenters. The summed E-state index contributed by atoms with van der Waals surface area (Å²) in [6, 6.07) is 6.32. The lowest BCUT2D eigenvalue weighted by Crippen LogP contribution is -2.50. The second-order valence-electron chi connectivity index (χ2n) is 4.15. The number of amidine groups is 1. The largest absolute Gasteiger partial charge is 0.507 e. The number of hydrogen-bond acceptors (Lipinski definition) is 5. The first-order chi connectivity index (χ1) is 9.13. The Labute approximate surface area is 109 Å². The van der Waals surface area contributed by atoms with Crippen LogP contribution in [0.3, 0.4) is 0 Å². The number of amides is 1. The molecule has 1 amide bonds. The standard InChI is InChI=1S/C12H15N3O4/c13-11(14-18)10-7-15(5-6-19-10)12(17)8-3-1-2-4-9(8)16/h1-4,10,16,18H,5-7H2,(H2,13,14). The maximum atomic E-state index is 12.2. The Morgan fingerprint density at radius 2 is 2.21 bits per heavy atom. The van der Waals surface area contributed by atoms with E-state index in [9.17, 15) is 9.90 Å². The van der Waals surface area contributed by atoms with Crippen LogP contribution in [0.25, 0.3) is 0 Å². The topological polar surface area (TPSA) is 108 Å². The monoisotopic (exact) mass is 265 g/mol. The van der Waals surface area contributed by atoms with Crippen molar-refractivity contribution in [3.8, 4) is 5.75 Å². The van der Waals surface area contributed by atoms with Crippen LogP contribution in [0.1, 0.15) is 10.4 Å². The summed E-state index contributed by atoms with van der Waals surface area (Å²) in [5.41, 5.74) is 5.69. The number of aromatic hydroxyl groups is 1. The van der Waals surface area contributed by atoms with E-state index in [2.05, 4.69) is 5.16 Å². The summed E-state index contributed by atoms with van der Waals surface area (Å²) < 4.78 is 5.30. The Balaban J connectivity index is 2.14. The molecule has 1 unspecified atom stereocenters. The number of rotatable bonds is 2. The highest BCUT2D eigenvalue weighted by atomic mass is 16.5. The molecular formula is C12H15N3O4. The molecule has 102 valence electrons. The van der Waals surface area contributed by atoms with Crippen molar-refractivity contribution in [1.82, 2.24) is 4.90 Å². The van der Waals surface area contributed by atoms with Crippen molar-refractivity contribution in [3.63, 3.8) is 0 Å². The van der Waals surface area contributed by atoms with Gasteiger partial charge in [-0.1, -0.05) is 17.3 Å². The molecule has 2 rings (SSSR count). The maximum Gasteiger partial charge on any atom is 0.257 e. The van der Waals surface area contributed by atoms with E-state index in [-0.39, 0.29) is 29.6 Å². The van der Waals surface area contributed by atoms with Gasteiger partial charge in [-0.05, 0) is 12.1 Å². The first kappa shape index (κ1) is 13.2.